The number of nitrogens with one attached hydrogen (secondary N) is 1. The van der Waals surface area contributed by atoms with E-state index in [0.717, 1.165) is 35.1 Å². The summed E-state index contributed by atoms with van der Waals surface area (Å²) in [6.07, 6.45) is 7.65. The Kier molecular flexibility index (Phi) is 8.66. The molecule has 1 aliphatic carbocycles. The fourth-order valence-corrected chi connectivity index (χ4v) is 5.40. The highest BCUT2D eigenvalue weighted by Gasteiger charge is 2.25. The van der Waals surface area contributed by atoms with E-state index in [1.54, 1.807) is 33.1 Å². The highest BCUT2D eigenvalue weighted by atomic mass is 32.2. The molecule has 0 atom stereocenters. The highest BCUT2D eigenvalue weighted by Crippen LogP contribution is 2.43. The lowest BCUT2D eigenvalue weighted by Crippen LogP contribution is -2.23. The molecule has 3 rings (SSSR count). The molecule has 1 aromatic carbocycles. The maximum absolute atomic E-state index is 11.3. The minimum atomic E-state index is -3.17. The number of benzene rings is 1. The van der Waals surface area contributed by atoms with E-state index in [2.05, 4.69) is 19.5 Å². The van der Waals surface area contributed by atoms with Crippen molar-refractivity contribution in [2.45, 2.75) is 49.7 Å². The Morgan fingerprint density at radius 1 is 1.06 bits per heavy atom. The first kappa shape index (κ1) is 24.7. The zero-order valence-electron chi connectivity index (χ0n) is 19.1. The number of hydrogen-bond donors (Lipinski definition) is 1. The Balaban J connectivity index is 1.91. The molecule has 178 valence electrons. The predicted molar refractivity (Wildman–Crippen MR) is 125 cm³/mol. The average Bonchev–Trinajstić information content (AvgIpc) is 3.21. The predicted octanol–water partition coefficient (Wildman–Crippen LogP) is 3.51. The van der Waals surface area contributed by atoms with Gasteiger partial charge in [-0.05, 0) is 31.4 Å². The molecule has 1 aromatic heterocycles. The van der Waals surface area contributed by atoms with Gasteiger partial charge in [-0.15, -0.1) is 10.2 Å². The third kappa shape index (κ3) is 6.08. The van der Waals surface area contributed by atoms with Crippen LogP contribution in [0.5, 0.6) is 17.2 Å². The zero-order valence-corrected chi connectivity index (χ0v) is 20.7. The Hall–Kier alpha value is -1.98. The van der Waals surface area contributed by atoms with Crippen LogP contribution in [0.1, 0.15) is 44.6 Å². The summed E-state index contributed by atoms with van der Waals surface area (Å²) in [5, 5.41) is 9.87. The van der Waals surface area contributed by atoms with Gasteiger partial charge < -0.3 is 14.2 Å². The minimum absolute atomic E-state index is 0.324. The van der Waals surface area contributed by atoms with Crippen molar-refractivity contribution in [2.75, 3.05) is 39.9 Å². The van der Waals surface area contributed by atoms with Crippen molar-refractivity contribution in [2.24, 2.45) is 0 Å². The molecule has 2 aromatic rings. The van der Waals surface area contributed by atoms with Gasteiger partial charge in [-0.3, -0.25) is 4.57 Å². The first-order valence-electron chi connectivity index (χ1n) is 10.7. The summed E-state index contributed by atoms with van der Waals surface area (Å²) in [5.74, 6) is 3.19. The molecule has 0 unspecified atom stereocenters. The summed E-state index contributed by atoms with van der Waals surface area (Å²) in [4.78, 5) is 0. The van der Waals surface area contributed by atoms with Crippen LogP contribution < -0.4 is 18.9 Å². The van der Waals surface area contributed by atoms with Crippen molar-refractivity contribution in [3.63, 3.8) is 0 Å². The normalized spacial score (nSPS) is 15.0. The van der Waals surface area contributed by atoms with Crippen molar-refractivity contribution >= 4 is 21.8 Å². The maximum atomic E-state index is 11.3. The largest absolute Gasteiger partial charge is 0.493 e. The molecule has 0 amide bonds. The second kappa shape index (κ2) is 11.2. The van der Waals surface area contributed by atoms with Crippen molar-refractivity contribution in [3.8, 4) is 28.6 Å². The van der Waals surface area contributed by atoms with Gasteiger partial charge in [0.15, 0.2) is 22.5 Å². The van der Waals surface area contributed by atoms with E-state index < -0.39 is 10.0 Å². The molecular formula is C21H32N4O5S2. The van der Waals surface area contributed by atoms with Gasteiger partial charge in [0.05, 0.1) is 27.6 Å². The van der Waals surface area contributed by atoms with Crippen LogP contribution in [0.4, 0.5) is 0 Å². The van der Waals surface area contributed by atoms with Gasteiger partial charge in [-0.2, -0.15) is 0 Å². The number of sulfonamides is 1. The number of nitrogens with zero attached hydrogens (tertiary/aromatic N) is 3. The van der Waals surface area contributed by atoms with Gasteiger partial charge in [0.2, 0.25) is 15.8 Å². The number of aromatic nitrogens is 3. The van der Waals surface area contributed by atoms with E-state index in [1.165, 1.54) is 25.5 Å². The van der Waals surface area contributed by atoms with E-state index in [4.69, 9.17) is 14.2 Å². The topological polar surface area (TPSA) is 105 Å². The summed E-state index contributed by atoms with van der Waals surface area (Å²) in [5.41, 5.74) is 0.850. The van der Waals surface area contributed by atoms with Gasteiger partial charge in [0, 0.05) is 23.9 Å². The van der Waals surface area contributed by atoms with E-state index in [1.807, 2.05) is 12.1 Å². The lowest BCUT2D eigenvalue weighted by molar-refractivity contribution is 0.324. The number of hydrogen-bond acceptors (Lipinski definition) is 8. The lowest BCUT2D eigenvalue weighted by Gasteiger charge is -2.26. The fraction of sp³-hybridized carbons (Fsp3) is 0.619. The number of ether oxygens (including phenoxy) is 3. The van der Waals surface area contributed by atoms with Crippen LogP contribution in [-0.4, -0.2) is 63.1 Å². The second-order valence-electron chi connectivity index (χ2n) is 7.75. The van der Waals surface area contributed by atoms with E-state index in [-0.39, 0.29) is 0 Å². The second-order valence-corrected chi connectivity index (χ2v) is 10.6. The fourth-order valence-electron chi connectivity index (χ4n) is 3.94. The van der Waals surface area contributed by atoms with E-state index in [0.29, 0.717) is 36.3 Å². The maximum Gasteiger partial charge on any atom is 0.208 e. The molecule has 32 heavy (non-hydrogen) atoms. The summed E-state index contributed by atoms with van der Waals surface area (Å²) in [7, 11) is 1.60. The Labute approximate surface area is 194 Å². The van der Waals surface area contributed by atoms with Crippen molar-refractivity contribution in [3.05, 3.63) is 12.1 Å². The monoisotopic (exact) mass is 484 g/mol. The zero-order chi connectivity index (χ0) is 23.1. The molecule has 0 saturated heterocycles. The third-order valence-electron chi connectivity index (χ3n) is 5.44. The van der Waals surface area contributed by atoms with Gasteiger partial charge in [0.25, 0.3) is 0 Å². The molecular weight excluding hydrogens is 452 g/mol. The van der Waals surface area contributed by atoms with Crippen LogP contribution in [0, 0.1) is 0 Å². The van der Waals surface area contributed by atoms with Crippen LogP contribution in [0.3, 0.4) is 0 Å². The van der Waals surface area contributed by atoms with E-state index >= 15 is 0 Å². The summed E-state index contributed by atoms with van der Waals surface area (Å²) in [6, 6.07) is 4.12. The molecule has 1 saturated carbocycles. The average molecular weight is 485 g/mol. The van der Waals surface area contributed by atoms with Crippen molar-refractivity contribution in [1.29, 1.82) is 0 Å². The van der Waals surface area contributed by atoms with Gasteiger partial charge in [-0.1, -0.05) is 31.0 Å². The SMILES string of the molecule is COc1cc(-c2nnc(SCCCNS(C)(=O)=O)n2C2CCCCC2)cc(OC)c1OC. The highest BCUT2D eigenvalue weighted by molar-refractivity contribution is 7.99. The Bertz CT molecular complexity index is 979. The molecule has 1 heterocycles. The Morgan fingerprint density at radius 3 is 2.28 bits per heavy atom. The molecule has 1 aliphatic rings. The van der Waals surface area contributed by atoms with Gasteiger partial charge in [-0.25, -0.2) is 13.1 Å². The molecule has 0 spiro atoms. The first-order valence-corrected chi connectivity index (χ1v) is 13.6. The summed E-state index contributed by atoms with van der Waals surface area (Å²) < 4.78 is 43.8. The molecule has 0 bridgehead atoms. The number of thioether (sulfide) groups is 1. The van der Waals surface area contributed by atoms with Gasteiger partial charge >= 0.3 is 0 Å². The van der Waals surface area contributed by atoms with Crippen LogP contribution in [0.25, 0.3) is 11.4 Å². The molecule has 1 N–H and O–H groups in total. The van der Waals surface area contributed by atoms with Crippen molar-refractivity contribution in [1.82, 2.24) is 19.5 Å². The summed E-state index contributed by atoms with van der Waals surface area (Å²) >= 11 is 1.60. The number of rotatable bonds is 11. The lowest BCUT2D eigenvalue weighted by atomic mass is 9.95. The number of methoxy groups -OCH3 is 3. The van der Waals surface area contributed by atoms with Crippen LogP contribution in [0.2, 0.25) is 0 Å². The van der Waals surface area contributed by atoms with Gasteiger partial charge in [0.1, 0.15) is 0 Å². The minimum Gasteiger partial charge on any atom is -0.493 e. The van der Waals surface area contributed by atoms with Crippen molar-refractivity contribution < 1.29 is 22.6 Å². The molecule has 9 nitrogen and oxygen atoms in total. The third-order valence-corrected chi connectivity index (χ3v) is 7.20. The first-order chi connectivity index (χ1) is 15.4. The van der Waals surface area contributed by atoms with E-state index in [9.17, 15) is 8.42 Å². The summed E-state index contributed by atoms with van der Waals surface area (Å²) in [6.45, 7) is 0.406. The smallest absolute Gasteiger partial charge is 0.208 e. The Morgan fingerprint density at radius 2 is 1.72 bits per heavy atom. The molecule has 11 heteroatoms. The standard InChI is InChI=1S/C21H32N4O5S2/c1-28-17-13-15(14-18(29-2)19(17)30-3)20-23-24-21(25(20)16-9-6-5-7-10-16)31-12-8-11-22-32(4,26)27/h13-14,16,22H,5-12H2,1-4H3. The molecule has 1 fully saturated rings. The quantitative estimate of drug-likeness (QED) is 0.382. The molecule has 0 radical (unpaired) electrons. The molecule has 0 aliphatic heterocycles. The van der Waals surface area contributed by atoms with Crippen LogP contribution in [0.15, 0.2) is 17.3 Å². The van der Waals surface area contributed by atoms with Crippen LogP contribution in [-0.2, 0) is 10.0 Å². The van der Waals surface area contributed by atoms with Crippen LogP contribution >= 0.6 is 11.8 Å².